The molecule has 1 aliphatic rings. The molecule has 24 heavy (non-hydrogen) atoms. The third-order valence-electron chi connectivity index (χ3n) is 4.10. The first-order valence-electron chi connectivity index (χ1n) is 7.50. The third-order valence-corrected chi connectivity index (χ3v) is 6.21. The average molecular weight is 352 g/mol. The van der Waals surface area contributed by atoms with Gasteiger partial charge in [0.2, 0.25) is 0 Å². The van der Waals surface area contributed by atoms with Crippen LogP contribution in [0.4, 0.5) is 4.39 Å². The molecule has 0 spiro atoms. The number of sulfone groups is 1. The summed E-state index contributed by atoms with van der Waals surface area (Å²) in [5.74, 6) is -1.12. The minimum absolute atomic E-state index is 0.0582. The Morgan fingerprint density at radius 1 is 1.29 bits per heavy atom. The van der Waals surface area contributed by atoms with E-state index in [-0.39, 0.29) is 42.4 Å². The molecule has 1 fully saturated rings. The number of nitrogens with zero attached hydrogens (tertiary/aromatic N) is 4. The second-order valence-corrected chi connectivity index (χ2v) is 8.04. The molecular weight excluding hydrogens is 335 g/mol. The molecule has 1 aliphatic heterocycles. The van der Waals surface area contributed by atoms with E-state index in [4.69, 9.17) is 0 Å². The van der Waals surface area contributed by atoms with Crippen molar-refractivity contribution in [2.24, 2.45) is 7.05 Å². The van der Waals surface area contributed by atoms with E-state index in [1.807, 2.05) is 0 Å². The molecule has 0 bridgehead atoms. The molecule has 2 aromatic rings. The fraction of sp³-hybridized carbons (Fsp3) is 0.400. The van der Waals surface area contributed by atoms with Crippen molar-refractivity contribution >= 4 is 15.7 Å². The predicted octanol–water partition coefficient (Wildman–Crippen LogP) is 0.956. The number of rotatable bonds is 2. The molecule has 1 aromatic heterocycles. The molecule has 128 valence electrons. The monoisotopic (exact) mass is 352 g/mol. The summed E-state index contributed by atoms with van der Waals surface area (Å²) < 4.78 is 40.5. The van der Waals surface area contributed by atoms with Crippen molar-refractivity contribution in [1.29, 1.82) is 0 Å². The van der Waals surface area contributed by atoms with Gasteiger partial charge >= 0.3 is 0 Å². The standard InChI is InChI=1S/C15H17FN4O3S/c1-19-10-13(17-18-19)15(21)20-7-6-14(24(22,23)9-8-20)11-4-2-3-5-12(11)16/h2-5,10,14H,6-9H2,1H3. The number of aryl methyl sites for hydroxylation is 1. The maximum absolute atomic E-state index is 14.0. The first-order valence-corrected chi connectivity index (χ1v) is 9.21. The lowest BCUT2D eigenvalue weighted by atomic mass is 10.1. The summed E-state index contributed by atoms with van der Waals surface area (Å²) in [6.07, 6.45) is 1.63. The van der Waals surface area contributed by atoms with Crippen LogP contribution in [0.2, 0.25) is 0 Å². The van der Waals surface area contributed by atoms with Crippen molar-refractivity contribution < 1.29 is 17.6 Å². The van der Waals surface area contributed by atoms with Gasteiger partial charge in [0.15, 0.2) is 15.5 Å². The molecule has 3 rings (SSSR count). The van der Waals surface area contributed by atoms with Crippen molar-refractivity contribution in [3.05, 3.63) is 47.5 Å². The summed E-state index contributed by atoms with van der Waals surface area (Å²) in [5, 5.41) is 6.53. The van der Waals surface area contributed by atoms with Crippen LogP contribution in [-0.4, -0.2) is 53.1 Å². The summed E-state index contributed by atoms with van der Waals surface area (Å²) in [5.41, 5.74) is 0.325. The number of hydrogen-bond acceptors (Lipinski definition) is 5. The van der Waals surface area contributed by atoms with Crippen LogP contribution in [0.3, 0.4) is 0 Å². The highest BCUT2D eigenvalue weighted by molar-refractivity contribution is 7.91. The Kier molecular flexibility index (Phi) is 4.35. The molecule has 1 aromatic carbocycles. The number of carbonyl (C=O) groups is 1. The second-order valence-electron chi connectivity index (χ2n) is 5.74. The van der Waals surface area contributed by atoms with Crippen LogP contribution >= 0.6 is 0 Å². The predicted molar refractivity (Wildman–Crippen MR) is 84.5 cm³/mol. The largest absolute Gasteiger partial charge is 0.336 e. The number of benzene rings is 1. The summed E-state index contributed by atoms with van der Waals surface area (Å²) in [6.45, 7) is 0.274. The topological polar surface area (TPSA) is 85.2 Å². The van der Waals surface area contributed by atoms with E-state index in [9.17, 15) is 17.6 Å². The van der Waals surface area contributed by atoms with Gasteiger partial charge < -0.3 is 4.90 Å². The van der Waals surface area contributed by atoms with Crippen molar-refractivity contribution in [2.75, 3.05) is 18.8 Å². The van der Waals surface area contributed by atoms with Gasteiger partial charge in [0.1, 0.15) is 5.82 Å². The van der Waals surface area contributed by atoms with Crippen molar-refractivity contribution in [1.82, 2.24) is 19.9 Å². The van der Waals surface area contributed by atoms with Gasteiger partial charge in [-0.1, -0.05) is 23.4 Å². The Balaban J connectivity index is 1.85. The minimum Gasteiger partial charge on any atom is -0.336 e. The van der Waals surface area contributed by atoms with Crippen LogP contribution in [0.25, 0.3) is 0 Å². The first-order chi connectivity index (χ1) is 11.4. The van der Waals surface area contributed by atoms with E-state index >= 15 is 0 Å². The zero-order valence-corrected chi connectivity index (χ0v) is 13.9. The number of halogens is 1. The van der Waals surface area contributed by atoms with Crippen LogP contribution < -0.4 is 0 Å². The van der Waals surface area contributed by atoms with E-state index in [0.717, 1.165) is 0 Å². The van der Waals surface area contributed by atoms with Crippen molar-refractivity contribution in [2.45, 2.75) is 11.7 Å². The molecule has 2 heterocycles. The Bertz CT molecular complexity index is 865. The van der Waals surface area contributed by atoms with Crippen LogP contribution in [0.5, 0.6) is 0 Å². The Labute approximate surface area is 139 Å². The highest BCUT2D eigenvalue weighted by Gasteiger charge is 2.34. The molecule has 1 atom stereocenters. The Morgan fingerprint density at radius 2 is 2.04 bits per heavy atom. The lowest BCUT2D eigenvalue weighted by Gasteiger charge is -2.18. The normalized spacial score (nSPS) is 20.6. The van der Waals surface area contributed by atoms with Gasteiger partial charge in [-0.15, -0.1) is 5.10 Å². The summed E-state index contributed by atoms with van der Waals surface area (Å²) >= 11 is 0. The zero-order valence-electron chi connectivity index (χ0n) is 13.1. The van der Waals surface area contributed by atoms with E-state index in [0.29, 0.717) is 0 Å². The summed E-state index contributed by atoms with van der Waals surface area (Å²) in [6, 6.07) is 5.86. The third kappa shape index (κ3) is 3.16. The summed E-state index contributed by atoms with van der Waals surface area (Å²) in [7, 11) is -1.91. The van der Waals surface area contributed by atoms with Gasteiger partial charge in [0, 0.05) is 25.7 Å². The van der Waals surface area contributed by atoms with Crippen LogP contribution in [0.1, 0.15) is 27.7 Å². The van der Waals surface area contributed by atoms with Crippen LogP contribution in [-0.2, 0) is 16.9 Å². The maximum Gasteiger partial charge on any atom is 0.276 e. The molecule has 1 unspecified atom stereocenters. The molecule has 0 N–H and O–H groups in total. The van der Waals surface area contributed by atoms with Gasteiger partial charge in [-0.05, 0) is 12.5 Å². The van der Waals surface area contributed by atoms with Crippen LogP contribution in [0, 0.1) is 5.82 Å². The van der Waals surface area contributed by atoms with Gasteiger partial charge in [-0.25, -0.2) is 12.8 Å². The number of hydrogen-bond donors (Lipinski definition) is 0. The zero-order chi connectivity index (χ0) is 17.3. The molecule has 0 aliphatic carbocycles. The molecule has 1 saturated heterocycles. The van der Waals surface area contributed by atoms with Gasteiger partial charge in [-0.2, -0.15) is 0 Å². The molecule has 1 amide bonds. The van der Waals surface area contributed by atoms with Crippen LogP contribution in [0.15, 0.2) is 30.5 Å². The van der Waals surface area contributed by atoms with Gasteiger partial charge in [0.05, 0.1) is 17.2 Å². The van der Waals surface area contributed by atoms with Crippen molar-refractivity contribution in [3.63, 3.8) is 0 Å². The van der Waals surface area contributed by atoms with E-state index < -0.39 is 20.9 Å². The maximum atomic E-state index is 14.0. The van der Waals surface area contributed by atoms with Gasteiger partial charge in [-0.3, -0.25) is 9.48 Å². The SMILES string of the molecule is Cn1cc(C(=O)N2CCC(c3ccccc3F)S(=O)(=O)CC2)nn1. The fourth-order valence-electron chi connectivity index (χ4n) is 2.84. The van der Waals surface area contributed by atoms with E-state index in [1.165, 1.54) is 34.0 Å². The smallest absolute Gasteiger partial charge is 0.276 e. The quantitative estimate of drug-likeness (QED) is 0.804. The molecule has 0 radical (unpaired) electrons. The lowest BCUT2D eigenvalue weighted by Crippen LogP contribution is -2.33. The Morgan fingerprint density at radius 3 is 2.71 bits per heavy atom. The van der Waals surface area contributed by atoms with E-state index in [2.05, 4.69) is 10.3 Å². The first kappa shape index (κ1) is 16.6. The van der Waals surface area contributed by atoms with Crippen molar-refractivity contribution in [3.8, 4) is 0 Å². The molecule has 9 heteroatoms. The number of amides is 1. The number of aromatic nitrogens is 3. The number of carbonyl (C=O) groups excluding carboxylic acids is 1. The molecular formula is C15H17FN4O3S. The van der Waals surface area contributed by atoms with Gasteiger partial charge in [0.25, 0.3) is 5.91 Å². The summed E-state index contributed by atoms with van der Waals surface area (Å²) in [4.78, 5) is 13.9. The fourth-order valence-corrected chi connectivity index (χ4v) is 4.64. The molecule has 7 nitrogen and oxygen atoms in total. The van der Waals surface area contributed by atoms with E-state index in [1.54, 1.807) is 13.1 Å². The average Bonchev–Trinajstić information content (AvgIpc) is 2.90. The highest BCUT2D eigenvalue weighted by Crippen LogP contribution is 2.31. The highest BCUT2D eigenvalue weighted by atomic mass is 32.2. The lowest BCUT2D eigenvalue weighted by molar-refractivity contribution is 0.0760. The minimum atomic E-state index is -3.55. The second kappa shape index (κ2) is 6.31. The molecule has 0 saturated carbocycles. The Hall–Kier alpha value is -2.29.